The standard InChI is InChI=1S/C11H15N3O4/c1-3-17-13-10(15)8-6-5-7-9(12-8)11(16)14-18-4-2/h5-7H,3-4H2,1-2H3,(H,13,15)(H,14,16). The lowest BCUT2D eigenvalue weighted by Gasteiger charge is -2.05. The molecular formula is C11H15N3O4. The molecule has 0 fully saturated rings. The Morgan fingerprint density at radius 1 is 1.06 bits per heavy atom. The van der Waals surface area contributed by atoms with Crippen LogP contribution in [-0.4, -0.2) is 30.0 Å². The van der Waals surface area contributed by atoms with Gasteiger partial charge in [-0.05, 0) is 26.0 Å². The third-order valence-corrected chi connectivity index (χ3v) is 1.83. The van der Waals surface area contributed by atoms with Gasteiger partial charge in [0.1, 0.15) is 11.4 Å². The highest BCUT2D eigenvalue weighted by Crippen LogP contribution is 2.00. The zero-order valence-electron chi connectivity index (χ0n) is 10.2. The molecule has 0 saturated heterocycles. The molecule has 0 bridgehead atoms. The lowest BCUT2D eigenvalue weighted by molar-refractivity contribution is 0.0350. The van der Waals surface area contributed by atoms with Gasteiger partial charge in [-0.2, -0.15) is 0 Å². The Balaban J connectivity index is 2.72. The van der Waals surface area contributed by atoms with E-state index in [0.717, 1.165) is 0 Å². The number of hydroxylamine groups is 2. The Bertz CT molecular complexity index is 387. The summed E-state index contributed by atoms with van der Waals surface area (Å²) in [6.45, 7) is 4.16. The number of pyridine rings is 1. The predicted octanol–water partition coefficient (Wildman–Crippen LogP) is 0.444. The number of aromatic nitrogens is 1. The molecule has 0 aliphatic heterocycles. The molecule has 0 saturated carbocycles. The number of carbonyl (C=O) groups excluding carboxylic acids is 2. The maximum Gasteiger partial charge on any atom is 0.293 e. The van der Waals surface area contributed by atoms with Crippen molar-refractivity contribution in [3.63, 3.8) is 0 Å². The summed E-state index contributed by atoms with van der Waals surface area (Å²) in [5.74, 6) is -1.02. The Labute approximate surface area is 104 Å². The van der Waals surface area contributed by atoms with Gasteiger partial charge in [0.05, 0.1) is 13.2 Å². The van der Waals surface area contributed by atoms with E-state index < -0.39 is 11.8 Å². The highest BCUT2D eigenvalue weighted by atomic mass is 16.7. The summed E-state index contributed by atoms with van der Waals surface area (Å²) in [4.78, 5) is 36.5. The molecule has 0 aromatic carbocycles. The summed E-state index contributed by atoms with van der Waals surface area (Å²) in [6.07, 6.45) is 0. The second-order valence-electron chi connectivity index (χ2n) is 3.14. The first kappa shape index (κ1) is 14.1. The number of hydrogen-bond donors (Lipinski definition) is 2. The number of amides is 2. The monoisotopic (exact) mass is 253 g/mol. The zero-order chi connectivity index (χ0) is 13.4. The number of nitrogens with zero attached hydrogens (tertiary/aromatic N) is 1. The maximum absolute atomic E-state index is 11.5. The van der Waals surface area contributed by atoms with Crippen LogP contribution in [0.15, 0.2) is 18.2 Å². The normalized spacial score (nSPS) is 9.89. The van der Waals surface area contributed by atoms with E-state index in [1.54, 1.807) is 19.9 Å². The van der Waals surface area contributed by atoms with Crippen molar-refractivity contribution < 1.29 is 19.3 Å². The summed E-state index contributed by atoms with van der Waals surface area (Å²) in [6, 6.07) is 4.51. The topological polar surface area (TPSA) is 89.5 Å². The molecule has 7 heteroatoms. The van der Waals surface area contributed by atoms with Crippen molar-refractivity contribution in [3.05, 3.63) is 29.6 Å². The smallest absolute Gasteiger partial charge is 0.274 e. The minimum atomic E-state index is -0.511. The Morgan fingerprint density at radius 2 is 1.50 bits per heavy atom. The zero-order valence-corrected chi connectivity index (χ0v) is 10.2. The number of hydrogen-bond acceptors (Lipinski definition) is 5. The molecule has 0 aliphatic rings. The van der Waals surface area contributed by atoms with Crippen LogP contribution in [-0.2, 0) is 9.68 Å². The Hall–Kier alpha value is -1.99. The molecule has 0 atom stereocenters. The van der Waals surface area contributed by atoms with Crippen LogP contribution in [0.3, 0.4) is 0 Å². The molecule has 0 spiro atoms. The third-order valence-electron chi connectivity index (χ3n) is 1.83. The molecule has 1 aromatic heterocycles. The minimum Gasteiger partial charge on any atom is -0.274 e. The van der Waals surface area contributed by atoms with E-state index in [0.29, 0.717) is 13.2 Å². The average Bonchev–Trinajstić information content (AvgIpc) is 2.42. The van der Waals surface area contributed by atoms with Crippen LogP contribution in [0.4, 0.5) is 0 Å². The molecule has 0 radical (unpaired) electrons. The van der Waals surface area contributed by atoms with Crippen molar-refractivity contribution in [2.75, 3.05) is 13.2 Å². The van der Waals surface area contributed by atoms with Crippen LogP contribution in [0.1, 0.15) is 34.8 Å². The van der Waals surface area contributed by atoms with Crippen molar-refractivity contribution in [1.29, 1.82) is 0 Å². The minimum absolute atomic E-state index is 0.0904. The van der Waals surface area contributed by atoms with Crippen LogP contribution >= 0.6 is 0 Å². The number of rotatable bonds is 6. The van der Waals surface area contributed by atoms with Crippen LogP contribution in [0.2, 0.25) is 0 Å². The van der Waals surface area contributed by atoms with Gasteiger partial charge < -0.3 is 0 Å². The van der Waals surface area contributed by atoms with Crippen LogP contribution in [0, 0.1) is 0 Å². The van der Waals surface area contributed by atoms with Crippen molar-refractivity contribution in [2.24, 2.45) is 0 Å². The highest BCUT2D eigenvalue weighted by Gasteiger charge is 2.12. The fourth-order valence-electron chi connectivity index (χ4n) is 1.07. The maximum atomic E-state index is 11.5. The summed E-state index contributed by atoms with van der Waals surface area (Å²) in [5.41, 5.74) is 4.57. The van der Waals surface area contributed by atoms with Crippen LogP contribution < -0.4 is 11.0 Å². The highest BCUT2D eigenvalue weighted by molar-refractivity contribution is 5.95. The summed E-state index contributed by atoms with van der Waals surface area (Å²) in [5, 5.41) is 0. The van der Waals surface area contributed by atoms with Crippen molar-refractivity contribution in [2.45, 2.75) is 13.8 Å². The van der Waals surface area contributed by atoms with E-state index in [2.05, 4.69) is 15.9 Å². The van der Waals surface area contributed by atoms with E-state index >= 15 is 0 Å². The van der Waals surface area contributed by atoms with E-state index in [1.807, 2.05) is 0 Å². The third kappa shape index (κ3) is 4.11. The van der Waals surface area contributed by atoms with Crippen molar-refractivity contribution >= 4 is 11.8 Å². The second kappa shape index (κ2) is 7.36. The largest absolute Gasteiger partial charge is 0.293 e. The lowest BCUT2D eigenvalue weighted by atomic mass is 10.3. The SMILES string of the molecule is CCONC(=O)c1cccc(C(=O)NOCC)n1. The van der Waals surface area contributed by atoms with E-state index in [9.17, 15) is 9.59 Å². The summed E-state index contributed by atoms with van der Waals surface area (Å²) in [7, 11) is 0. The fraction of sp³-hybridized carbons (Fsp3) is 0.364. The first-order chi connectivity index (χ1) is 8.69. The van der Waals surface area contributed by atoms with Gasteiger partial charge in [0.15, 0.2) is 0 Å². The molecule has 1 heterocycles. The lowest BCUT2D eigenvalue weighted by Crippen LogP contribution is -2.27. The van der Waals surface area contributed by atoms with Gasteiger partial charge in [-0.25, -0.2) is 15.9 Å². The fourth-order valence-corrected chi connectivity index (χ4v) is 1.07. The molecule has 1 aromatic rings. The molecule has 0 aliphatic carbocycles. The van der Waals surface area contributed by atoms with Crippen LogP contribution in [0.5, 0.6) is 0 Å². The van der Waals surface area contributed by atoms with Gasteiger partial charge >= 0.3 is 0 Å². The van der Waals surface area contributed by atoms with Crippen molar-refractivity contribution in [3.8, 4) is 0 Å². The molecule has 18 heavy (non-hydrogen) atoms. The van der Waals surface area contributed by atoms with Gasteiger partial charge in [-0.1, -0.05) is 6.07 Å². The molecule has 2 amide bonds. The predicted molar refractivity (Wildman–Crippen MR) is 62.4 cm³/mol. The van der Waals surface area contributed by atoms with Gasteiger partial charge in [-0.3, -0.25) is 19.3 Å². The number of nitrogens with one attached hydrogen (secondary N) is 2. The summed E-state index contributed by atoms with van der Waals surface area (Å²) >= 11 is 0. The molecule has 1 rings (SSSR count). The second-order valence-corrected chi connectivity index (χ2v) is 3.14. The Morgan fingerprint density at radius 3 is 1.89 bits per heavy atom. The van der Waals surface area contributed by atoms with Gasteiger partial charge in [0.25, 0.3) is 11.8 Å². The Kier molecular flexibility index (Phi) is 5.75. The molecule has 98 valence electrons. The quantitative estimate of drug-likeness (QED) is 0.718. The number of carbonyl (C=O) groups is 2. The molecule has 2 N–H and O–H groups in total. The first-order valence-corrected chi connectivity index (χ1v) is 5.50. The van der Waals surface area contributed by atoms with Crippen molar-refractivity contribution in [1.82, 2.24) is 15.9 Å². The molecule has 7 nitrogen and oxygen atoms in total. The van der Waals surface area contributed by atoms with Gasteiger partial charge in [-0.15, -0.1) is 0 Å². The first-order valence-electron chi connectivity index (χ1n) is 5.50. The van der Waals surface area contributed by atoms with E-state index in [4.69, 9.17) is 9.68 Å². The summed E-state index contributed by atoms with van der Waals surface area (Å²) < 4.78 is 0. The van der Waals surface area contributed by atoms with E-state index in [1.165, 1.54) is 12.1 Å². The average molecular weight is 253 g/mol. The van der Waals surface area contributed by atoms with E-state index in [-0.39, 0.29) is 11.4 Å². The van der Waals surface area contributed by atoms with Crippen LogP contribution in [0.25, 0.3) is 0 Å². The molecule has 0 unspecified atom stereocenters. The van der Waals surface area contributed by atoms with Gasteiger partial charge in [0, 0.05) is 0 Å². The molecular weight excluding hydrogens is 238 g/mol. The van der Waals surface area contributed by atoms with Gasteiger partial charge in [0.2, 0.25) is 0 Å².